The maximum Gasteiger partial charge on any atom is 0.573 e. The van der Waals surface area contributed by atoms with Crippen LogP contribution in [-0.4, -0.2) is 57.1 Å². The first-order valence-electron chi connectivity index (χ1n) is 13.5. The summed E-state index contributed by atoms with van der Waals surface area (Å²) in [5, 5.41) is 7.76. The van der Waals surface area contributed by atoms with E-state index >= 15 is 0 Å². The van der Waals surface area contributed by atoms with Crippen LogP contribution in [0.3, 0.4) is 0 Å². The zero-order valence-corrected chi connectivity index (χ0v) is 24.3. The van der Waals surface area contributed by atoms with Gasteiger partial charge in [-0.05, 0) is 85.0 Å². The van der Waals surface area contributed by atoms with Gasteiger partial charge in [-0.3, -0.25) is 9.69 Å². The Balaban J connectivity index is 1.11. The van der Waals surface area contributed by atoms with E-state index in [-0.39, 0.29) is 23.5 Å². The molecular formula is C30H25F3N6O4S. The van der Waals surface area contributed by atoms with Crippen LogP contribution in [0.4, 0.5) is 23.7 Å². The van der Waals surface area contributed by atoms with Gasteiger partial charge in [0.25, 0.3) is 0 Å². The molecule has 6 rings (SSSR count). The quantitative estimate of drug-likeness (QED) is 0.304. The van der Waals surface area contributed by atoms with Gasteiger partial charge in [0.15, 0.2) is 11.0 Å². The lowest BCUT2D eigenvalue weighted by molar-refractivity contribution is -0.274. The highest BCUT2D eigenvalue weighted by molar-refractivity contribution is 8.15. The number of benzene rings is 3. The number of ether oxygens (including phenoxy) is 2. The molecule has 10 nitrogen and oxygen atoms in total. The van der Waals surface area contributed by atoms with E-state index in [1.54, 1.807) is 19.2 Å². The third kappa shape index (κ3) is 6.25. The number of fused-ring (bicyclic) bond motifs is 1. The molecule has 1 saturated heterocycles. The van der Waals surface area contributed by atoms with Gasteiger partial charge in [-0.2, -0.15) is 4.99 Å². The van der Waals surface area contributed by atoms with Crippen LogP contribution in [0.25, 0.3) is 17.1 Å². The van der Waals surface area contributed by atoms with Crippen molar-refractivity contribution in [2.75, 3.05) is 17.8 Å². The van der Waals surface area contributed by atoms with Gasteiger partial charge in [-0.1, -0.05) is 23.9 Å². The summed E-state index contributed by atoms with van der Waals surface area (Å²) in [4.78, 5) is 35.7. The summed E-state index contributed by atoms with van der Waals surface area (Å²) in [7, 11) is 1.57. The van der Waals surface area contributed by atoms with Gasteiger partial charge in [-0.15, -0.1) is 18.3 Å². The molecule has 14 heteroatoms. The Kier molecular flexibility index (Phi) is 7.76. The standard InChI is InChI=1S/C30H25F3N6O4S/c1-17-11-24(42-2)9-10-25(17)39-26(40)15-44-29(39)36-28(41)35-21-13-18-3-4-19(12-20(18)14-21)27-34-16-38(37-27)22-5-7-23(8-6-22)43-30(31,32)33/h3-12,16,21H,13-15H2,1-2H3,(H,35,41). The van der Waals surface area contributed by atoms with Crippen molar-refractivity contribution in [1.82, 2.24) is 20.1 Å². The fourth-order valence-corrected chi connectivity index (χ4v) is 6.02. The number of carbonyl (C=O) groups is 2. The van der Waals surface area contributed by atoms with Crippen LogP contribution in [0.2, 0.25) is 0 Å². The Hall–Kier alpha value is -4.85. The number of nitrogens with zero attached hydrogens (tertiary/aromatic N) is 5. The summed E-state index contributed by atoms with van der Waals surface area (Å²) in [6.07, 6.45) is -2.09. The number of hydrogen-bond acceptors (Lipinski definition) is 7. The number of rotatable bonds is 6. The molecule has 4 aromatic rings. The van der Waals surface area contributed by atoms with Gasteiger partial charge in [0.2, 0.25) is 5.91 Å². The largest absolute Gasteiger partial charge is 0.573 e. The topological polar surface area (TPSA) is 111 Å². The van der Waals surface area contributed by atoms with Crippen LogP contribution >= 0.6 is 11.8 Å². The maximum absolute atomic E-state index is 12.9. The van der Waals surface area contributed by atoms with Crippen LogP contribution in [0.5, 0.6) is 11.5 Å². The molecule has 2 heterocycles. The fourth-order valence-electron chi connectivity index (χ4n) is 5.16. The first kappa shape index (κ1) is 29.2. The van der Waals surface area contributed by atoms with E-state index in [1.807, 2.05) is 31.2 Å². The van der Waals surface area contributed by atoms with Gasteiger partial charge in [0.05, 0.1) is 24.2 Å². The molecule has 0 radical (unpaired) electrons. The normalized spacial score (nSPS) is 17.2. The average molecular weight is 623 g/mol. The van der Waals surface area contributed by atoms with Crippen molar-refractivity contribution in [3.63, 3.8) is 0 Å². The summed E-state index contributed by atoms with van der Waals surface area (Å²) in [5.41, 5.74) is 4.86. The number of anilines is 1. The Morgan fingerprint density at radius 3 is 2.52 bits per heavy atom. The monoisotopic (exact) mass is 622 g/mol. The second kappa shape index (κ2) is 11.7. The second-order valence-corrected chi connectivity index (χ2v) is 11.1. The van der Waals surface area contributed by atoms with Crippen LogP contribution < -0.4 is 19.7 Å². The van der Waals surface area contributed by atoms with E-state index in [2.05, 4.69) is 25.1 Å². The van der Waals surface area contributed by atoms with Crippen molar-refractivity contribution < 1.29 is 32.2 Å². The highest BCUT2D eigenvalue weighted by Crippen LogP contribution is 2.32. The smallest absolute Gasteiger partial charge is 0.497 e. The summed E-state index contributed by atoms with van der Waals surface area (Å²) in [6.45, 7) is 1.87. The number of methoxy groups -OCH3 is 1. The van der Waals surface area contributed by atoms with Gasteiger partial charge >= 0.3 is 12.4 Å². The zero-order valence-electron chi connectivity index (χ0n) is 23.5. The first-order valence-corrected chi connectivity index (χ1v) is 14.4. The Labute approximate surface area is 253 Å². The van der Waals surface area contributed by atoms with Gasteiger partial charge in [0.1, 0.15) is 17.8 Å². The number of thioether (sulfide) groups is 1. The van der Waals surface area contributed by atoms with Crippen molar-refractivity contribution in [3.05, 3.63) is 83.7 Å². The van der Waals surface area contributed by atoms with Gasteiger partial charge in [0, 0.05) is 11.6 Å². The number of hydrogen-bond donors (Lipinski definition) is 1. The summed E-state index contributed by atoms with van der Waals surface area (Å²) >= 11 is 1.22. The summed E-state index contributed by atoms with van der Waals surface area (Å²) in [5.74, 6) is 0.825. The number of alkyl halides is 3. The minimum absolute atomic E-state index is 0.154. The zero-order chi connectivity index (χ0) is 31.0. The van der Waals surface area contributed by atoms with Gasteiger partial charge < -0.3 is 14.8 Å². The summed E-state index contributed by atoms with van der Waals surface area (Å²) in [6, 6.07) is 15.8. The molecule has 3 amide bonds. The Morgan fingerprint density at radius 2 is 1.80 bits per heavy atom. The number of urea groups is 1. The molecule has 1 N–H and O–H groups in total. The lowest BCUT2D eigenvalue weighted by Crippen LogP contribution is -2.36. The molecule has 0 saturated carbocycles. The SMILES string of the molecule is COc1ccc(N2C(=O)CSC2=NC(=O)NC2Cc3ccc(-c4ncn(-c5ccc(OC(F)(F)F)cc5)n4)cc3C2)c(C)c1. The van der Waals surface area contributed by atoms with Crippen LogP contribution in [0.15, 0.2) is 72.0 Å². The molecule has 1 aliphatic carbocycles. The van der Waals surface area contributed by atoms with Crippen molar-refractivity contribution in [3.8, 4) is 28.6 Å². The van der Waals surface area contributed by atoms with E-state index in [9.17, 15) is 22.8 Å². The number of amidine groups is 1. The van der Waals surface area contributed by atoms with Gasteiger partial charge in [-0.25, -0.2) is 14.5 Å². The molecular weight excluding hydrogens is 597 g/mol. The predicted molar refractivity (Wildman–Crippen MR) is 158 cm³/mol. The number of aromatic nitrogens is 3. The number of carbonyl (C=O) groups excluding carboxylic acids is 2. The number of halogens is 3. The maximum atomic E-state index is 12.9. The first-order chi connectivity index (χ1) is 21.1. The highest BCUT2D eigenvalue weighted by Gasteiger charge is 2.33. The molecule has 1 aliphatic heterocycles. The Bertz CT molecular complexity index is 1770. The minimum atomic E-state index is -4.77. The molecule has 3 aromatic carbocycles. The number of amides is 3. The average Bonchev–Trinajstić information content (AvgIpc) is 3.71. The van der Waals surface area contributed by atoms with Crippen molar-refractivity contribution in [1.29, 1.82) is 0 Å². The third-order valence-corrected chi connectivity index (χ3v) is 8.08. The molecule has 44 heavy (non-hydrogen) atoms. The predicted octanol–water partition coefficient (Wildman–Crippen LogP) is 5.46. The number of aryl methyl sites for hydroxylation is 1. The molecule has 1 atom stereocenters. The molecule has 2 aliphatic rings. The van der Waals surface area contributed by atoms with Crippen molar-refractivity contribution in [2.24, 2.45) is 4.99 Å². The lowest BCUT2D eigenvalue weighted by Gasteiger charge is -2.19. The van der Waals surface area contributed by atoms with E-state index in [4.69, 9.17) is 4.74 Å². The second-order valence-electron chi connectivity index (χ2n) is 10.2. The van der Waals surface area contributed by atoms with E-state index in [1.165, 1.54) is 51.9 Å². The van der Waals surface area contributed by atoms with Crippen LogP contribution in [-0.2, 0) is 17.6 Å². The fraction of sp³-hybridized carbons (Fsp3) is 0.233. The third-order valence-electron chi connectivity index (χ3n) is 7.16. The lowest BCUT2D eigenvalue weighted by atomic mass is 10.1. The van der Waals surface area contributed by atoms with Crippen molar-refractivity contribution in [2.45, 2.75) is 32.2 Å². The Morgan fingerprint density at radius 1 is 1.05 bits per heavy atom. The van der Waals surface area contributed by atoms with E-state index in [0.717, 1.165) is 22.3 Å². The number of nitrogens with one attached hydrogen (secondary N) is 1. The minimum Gasteiger partial charge on any atom is -0.497 e. The molecule has 1 unspecified atom stereocenters. The van der Waals surface area contributed by atoms with Crippen LogP contribution in [0, 0.1) is 6.92 Å². The highest BCUT2D eigenvalue weighted by atomic mass is 32.2. The van der Waals surface area contributed by atoms with E-state index < -0.39 is 12.4 Å². The van der Waals surface area contributed by atoms with Crippen molar-refractivity contribution >= 4 is 34.6 Å². The van der Waals surface area contributed by atoms with E-state index in [0.29, 0.717) is 41.0 Å². The summed E-state index contributed by atoms with van der Waals surface area (Å²) < 4.78 is 48.0. The number of aliphatic imine (C=N–C) groups is 1. The molecule has 226 valence electrons. The molecule has 1 aromatic heterocycles. The molecule has 0 bridgehead atoms. The molecule has 0 spiro atoms. The van der Waals surface area contributed by atoms with Crippen LogP contribution in [0.1, 0.15) is 16.7 Å². The molecule has 1 fully saturated rings.